The molecular weight excluding hydrogens is 370 g/mol. The molecule has 1 aliphatic rings. The lowest BCUT2D eigenvalue weighted by Crippen LogP contribution is -2.15. The number of methoxy groups -OCH3 is 2. The number of hydrogen-bond acceptors (Lipinski definition) is 5. The summed E-state index contributed by atoms with van der Waals surface area (Å²) in [6.07, 6.45) is 0. The predicted octanol–water partition coefficient (Wildman–Crippen LogP) is 6.69. The van der Waals surface area contributed by atoms with Crippen LogP contribution in [0.1, 0.15) is 5.56 Å². The SMILES string of the molecule is COc1cc(C)cc(OC)c1N1c2ccccc2Sc2c1oc1ccccc21. The molecule has 0 aliphatic carbocycles. The minimum atomic E-state index is 0.741. The van der Waals surface area contributed by atoms with E-state index in [2.05, 4.69) is 29.2 Å². The summed E-state index contributed by atoms with van der Waals surface area (Å²) in [6, 6.07) is 20.5. The van der Waals surface area contributed by atoms with Crippen LogP contribution in [0.15, 0.2) is 74.9 Å². The van der Waals surface area contributed by atoms with Crippen molar-refractivity contribution >= 4 is 40.0 Å². The number of aryl methyl sites for hydroxylation is 1. The Hall–Kier alpha value is -3.05. The highest BCUT2D eigenvalue weighted by Crippen LogP contribution is 2.58. The fourth-order valence-corrected chi connectivity index (χ4v) is 4.80. The number of rotatable bonds is 3. The normalized spacial score (nSPS) is 12.6. The molecule has 28 heavy (non-hydrogen) atoms. The van der Waals surface area contributed by atoms with Gasteiger partial charge in [0.1, 0.15) is 22.8 Å². The van der Waals surface area contributed by atoms with Gasteiger partial charge in [0.05, 0.1) is 24.8 Å². The zero-order valence-electron chi connectivity index (χ0n) is 15.9. The van der Waals surface area contributed by atoms with Gasteiger partial charge in [-0.3, -0.25) is 4.90 Å². The highest BCUT2D eigenvalue weighted by atomic mass is 32.2. The molecule has 0 spiro atoms. The Balaban J connectivity index is 1.86. The number of furan rings is 1. The maximum Gasteiger partial charge on any atom is 0.220 e. The lowest BCUT2D eigenvalue weighted by Gasteiger charge is -2.31. The standard InChI is InChI=1S/C23H19NO3S/c1-14-12-18(25-2)21(19(13-14)26-3)24-16-9-5-7-11-20(16)28-22-15-8-4-6-10-17(15)27-23(22)24/h4-13H,1-3H3. The van der Waals surface area contributed by atoms with E-state index >= 15 is 0 Å². The van der Waals surface area contributed by atoms with E-state index in [0.717, 1.165) is 55.1 Å². The molecule has 5 heteroatoms. The molecule has 0 fully saturated rings. The second kappa shape index (κ2) is 6.53. The average molecular weight is 389 g/mol. The molecule has 1 aromatic heterocycles. The van der Waals surface area contributed by atoms with Gasteiger partial charge in [0.25, 0.3) is 0 Å². The van der Waals surface area contributed by atoms with Crippen molar-refractivity contribution in [3.63, 3.8) is 0 Å². The lowest BCUT2D eigenvalue weighted by molar-refractivity contribution is 0.395. The molecule has 3 aromatic carbocycles. The fraction of sp³-hybridized carbons (Fsp3) is 0.130. The minimum Gasteiger partial charge on any atom is -0.494 e. The first kappa shape index (κ1) is 17.1. The monoisotopic (exact) mass is 389 g/mol. The Labute approximate surface area is 167 Å². The van der Waals surface area contributed by atoms with Crippen LogP contribution in [0, 0.1) is 6.92 Å². The van der Waals surface area contributed by atoms with Gasteiger partial charge >= 0.3 is 0 Å². The number of benzene rings is 3. The molecule has 0 N–H and O–H groups in total. The molecule has 4 aromatic rings. The number of hydrogen-bond donors (Lipinski definition) is 0. The molecule has 2 heterocycles. The number of nitrogens with zero attached hydrogens (tertiary/aromatic N) is 1. The van der Waals surface area contributed by atoms with Gasteiger partial charge in [-0.2, -0.15) is 0 Å². The van der Waals surface area contributed by atoms with E-state index in [0.29, 0.717) is 0 Å². The highest BCUT2D eigenvalue weighted by molar-refractivity contribution is 8.00. The maximum atomic E-state index is 6.34. The molecule has 0 bridgehead atoms. The summed E-state index contributed by atoms with van der Waals surface area (Å²) in [5, 5.41) is 1.10. The number of para-hydroxylation sites is 2. The highest BCUT2D eigenvalue weighted by Gasteiger charge is 2.33. The van der Waals surface area contributed by atoms with Crippen LogP contribution in [-0.2, 0) is 0 Å². The van der Waals surface area contributed by atoms with Crippen LogP contribution >= 0.6 is 11.8 Å². The Kier molecular flexibility index (Phi) is 3.98. The third kappa shape index (κ3) is 2.47. The first-order valence-electron chi connectivity index (χ1n) is 9.02. The zero-order chi connectivity index (χ0) is 19.3. The van der Waals surface area contributed by atoms with Gasteiger partial charge in [-0.05, 0) is 48.9 Å². The van der Waals surface area contributed by atoms with Crippen molar-refractivity contribution in [2.45, 2.75) is 16.7 Å². The molecule has 0 amide bonds. The summed E-state index contributed by atoms with van der Waals surface area (Å²) in [6.45, 7) is 2.03. The van der Waals surface area contributed by atoms with Gasteiger partial charge < -0.3 is 13.9 Å². The van der Waals surface area contributed by atoms with Crippen molar-refractivity contribution in [3.8, 4) is 11.5 Å². The zero-order valence-corrected chi connectivity index (χ0v) is 16.7. The van der Waals surface area contributed by atoms with Crippen molar-refractivity contribution in [3.05, 3.63) is 66.2 Å². The lowest BCUT2D eigenvalue weighted by atomic mass is 10.1. The molecule has 0 saturated heterocycles. The Morgan fingerprint density at radius 3 is 2.32 bits per heavy atom. The van der Waals surface area contributed by atoms with Crippen LogP contribution in [0.4, 0.5) is 17.3 Å². The maximum absolute atomic E-state index is 6.34. The molecular formula is C23H19NO3S. The van der Waals surface area contributed by atoms with E-state index in [1.165, 1.54) is 0 Å². The smallest absolute Gasteiger partial charge is 0.220 e. The first-order chi connectivity index (χ1) is 13.7. The van der Waals surface area contributed by atoms with Gasteiger partial charge in [-0.15, -0.1) is 0 Å². The average Bonchev–Trinajstić information content (AvgIpc) is 3.10. The van der Waals surface area contributed by atoms with E-state index in [1.807, 2.05) is 43.3 Å². The molecule has 4 nitrogen and oxygen atoms in total. The van der Waals surface area contributed by atoms with Crippen molar-refractivity contribution < 1.29 is 13.9 Å². The Morgan fingerprint density at radius 2 is 1.57 bits per heavy atom. The van der Waals surface area contributed by atoms with Gasteiger partial charge in [0.15, 0.2) is 0 Å². The summed E-state index contributed by atoms with van der Waals surface area (Å²) in [5.74, 6) is 2.26. The fourth-order valence-electron chi connectivity index (χ4n) is 3.67. The van der Waals surface area contributed by atoms with Gasteiger partial charge in [-0.1, -0.05) is 36.0 Å². The van der Waals surface area contributed by atoms with Crippen LogP contribution in [0.5, 0.6) is 11.5 Å². The van der Waals surface area contributed by atoms with E-state index in [-0.39, 0.29) is 0 Å². The summed E-state index contributed by atoms with van der Waals surface area (Å²) in [5.41, 5.74) is 3.81. The topological polar surface area (TPSA) is 34.8 Å². The molecule has 0 saturated carbocycles. The van der Waals surface area contributed by atoms with Gasteiger partial charge in [0, 0.05) is 10.3 Å². The third-order valence-electron chi connectivity index (χ3n) is 4.90. The molecule has 0 unspecified atom stereocenters. The largest absolute Gasteiger partial charge is 0.494 e. The van der Waals surface area contributed by atoms with E-state index < -0.39 is 0 Å². The number of fused-ring (bicyclic) bond motifs is 4. The van der Waals surface area contributed by atoms with Crippen molar-refractivity contribution in [1.82, 2.24) is 0 Å². The summed E-state index contributed by atoms with van der Waals surface area (Å²) < 4.78 is 17.8. The van der Waals surface area contributed by atoms with Crippen LogP contribution in [0.2, 0.25) is 0 Å². The Morgan fingerprint density at radius 1 is 0.893 bits per heavy atom. The second-order valence-electron chi connectivity index (χ2n) is 6.66. The number of ether oxygens (including phenoxy) is 2. The summed E-state index contributed by atoms with van der Waals surface area (Å²) in [7, 11) is 3.36. The van der Waals surface area contributed by atoms with E-state index in [1.54, 1.807) is 26.0 Å². The van der Waals surface area contributed by atoms with Crippen LogP contribution < -0.4 is 14.4 Å². The predicted molar refractivity (Wildman–Crippen MR) is 113 cm³/mol. The van der Waals surface area contributed by atoms with Crippen molar-refractivity contribution in [1.29, 1.82) is 0 Å². The number of anilines is 3. The van der Waals surface area contributed by atoms with Crippen LogP contribution in [0.25, 0.3) is 11.0 Å². The van der Waals surface area contributed by atoms with Crippen LogP contribution in [0.3, 0.4) is 0 Å². The van der Waals surface area contributed by atoms with E-state index in [9.17, 15) is 0 Å². The molecule has 0 radical (unpaired) electrons. The third-order valence-corrected chi connectivity index (χ3v) is 6.07. The molecule has 1 aliphatic heterocycles. The van der Waals surface area contributed by atoms with Crippen molar-refractivity contribution in [2.75, 3.05) is 19.1 Å². The van der Waals surface area contributed by atoms with Gasteiger partial charge in [-0.25, -0.2) is 0 Å². The van der Waals surface area contributed by atoms with Crippen molar-refractivity contribution in [2.24, 2.45) is 0 Å². The Bertz CT molecular complexity index is 1170. The molecule has 0 atom stereocenters. The van der Waals surface area contributed by atoms with Gasteiger partial charge in [0.2, 0.25) is 5.88 Å². The summed E-state index contributed by atoms with van der Waals surface area (Å²) in [4.78, 5) is 4.36. The molecule has 140 valence electrons. The van der Waals surface area contributed by atoms with E-state index in [4.69, 9.17) is 13.9 Å². The quantitative estimate of drug-likeness (QED) is 0.343. The molecule has 5 rings (SSSR count). The summed E-state index contributed by atoms with van der Waals surface area (Å²) >= 11 is 1.73. The van der Waals surface area contributed by atoms with Crippen LogP contribution in [-0.4, -0.2) is 14.2 Å². The second-order valence-corrected chi connectivity index (χ2v) is 7.71. The minimum absolute atomic E-state index is 0.741. The first-order valence-corrected chi connectivity index (χ1v) is 9.84.